The number of aromatic nitrogens is 2. The first kappa shape index (κ1) is 33.6. The first-order valence-corrected chi connectivity index (χ1v) is 19.5. The average molecular weight is 661 g/mol. The topological polar surface area (TPSA) is 79.8 Å². The average Bonchev–Trinajstić information content (AvgIpc) is 3.25. The van der Waals surface area contributed by atoms with Crippen LogP contribution in [0.1, 0.15) is 144 Å². The molecule has 11 heteroatoms. The summed E-state index contributed by atoms with van der Waals surface area (Å²) >= 11 is 0. The molecule has 0 bridgehead atoms. The SMILES string of the molecule is CC(=O)O[C@H]1c2nc(C(C)C)c3c(c2[C@@H](O[Si](C)(C)C(C)(C)C)CC12CCC2)C1(CCOCC1)O[C@@H]3c1ccc(C(F)(F)F)cn1. The smallest absolute Gasteiger partial charge is 0.417 e. The first-order valence-electron chi connectivity index (χ1n) is 16.6. The van der Waals surface area contributed by atoms with Crippen LogP contribution >= 0.6 is 0 Å². The maximum absolute atomic E-state index is 13.5. The Hall–Kier alpha value is -2.34. The molecule has 2 aliphatic carbocycles. The molecule has 2 fully saturated rings. The van der Waals surface area contributed by atoms with E-state index in [9.17, 15) is 18.0 Å². The molecule has 2 aliphatic heterocycles. The van der Waals surface area contributed by atoms with Crippen molar-refractivity contribution in [2.75, 3.05) is 13.2 Å². The normalized spacial score (nSPS) is 25.3. The zero-order chi connectivity index (χ0) is 33.4. The second kappa shape index (κ2) is 11.4. The van der Waals surface area contributed by atoms with Crippen molar-refractivity contribution in [1.82, 2.24) is 9.97 Å². The number of ether oxygens (including phenoxy) is 3. The Labute approximate surface area is 271 Å². The van der Waals surface area contributed by atoms with Crippen LogP contribution in [0, 0.1) is 5.41 Å². The Morgan fingerprint density at radius 3 is 2.24 bits per heavy atom. The van der Waals surface area contributed by atoms with Crippen molar-refractivity contribution < 1.29 is 36.6 Å². The molecular weight excluding hydrogens is 613 g/mol. The van der Waals surface area contributed by atoms with Crippen molar-refractivity contribution in [3.63, 3.8) is 0 Å². The number of rotatable bonds is 5. The van der Waals surface area contributed by atoms with Gasteiger partial charge in [0.1, 0.15) is 12.2 Å². The second-order valence-electron chi connectivity index (χ2n) is 15.6. The number of hydrogen-bond donors (Lipinski definition) is 0. The molecule has 6 rings (SSSR count). The molecule has 0 amide bonds. The molecule has 2 aromatic rings. The third-order valence-corrected chi connectivity index (χ3v) is 15.7. The number of esters is 1. The van der Waals surface area contributed by atoms with Crippen LogP contribution < -0.4 is 0 Å². The number of hydrogen-bond acceptors (Lipinski definition) is 7. The van der Waals surface area contributed by atoms with E-state index in [1.54, 1.807) is 0 Å². The fourth-order valence-electron chi connectivity index (χ4n) is 7.67. The van der Waals surface area contributed by atoms with Gasteiger partial charge in [0.05, 0.1) is 28.7 Å². The molecule has 3 atom stereocenters. The molecule has 4 heterocycles. The molecule has 0 radical (unpaired) electrons. The van der Waals surface area contributed by atoms with Gasteiger partial charge in [-0.05, 0) is 61.0 Å². The highest BCUT2D eigenvalue weighted by Crippen LogP contribution is 2.65. The third kappa shape index (κ3) is 5.52. The molecule has 4 aliphatic rings. The van der Waals surface area contributed by atoms with Gasteiger partial charge in [-0.1, -0.05) is 41.0 Å². The van der Waals surface area contributed by atoms with E-state index >= 15 is 0 Å². The molecule has 0 N–H and O–H groups in total. The second-order valence-corrected chi connectivity index (χ2v) is 20.3. The molecule has 46 heavy (non-hydrogen) atoms. The van der Waals surface area contributed by atoms with E-state index in [0.717, 1.165) is 59.6 Å². The lowest BCUT2D eigenvalue weighted by Crippen LogP contribution is -2.49. The van der Waals surface area contributed by atoms with E-state index in [1.807, 2.05) is 0 Å². The zero-order valence-corrected chi connectivity index (χ0v) is 29.3. The quantitative estimate of drug-likeness (QED) is 0.234. The molecule has 0 unspecified atom stereocenters. The summed E-state index contributed by atoms with van der Waals surface area (Å²) in [5.41, 5.74) is 2.89. The van der Waals surface area contributed by atoms with Gasteiger partial charge in [0.15, 0.2) is 8.32 Å². The van der Waals surface area contributed by atoms with Crippen LogP contribution in [-0.4, -0.2) is 37.5 Å². The predicted octanol–water partition coefficient (Wildman–Crippen LogP) is 8.99. The minimum Gasteiger partial charge on any atom is -0.455 e. The Balaban J connectivity index is 1.64. The maximum Gasteiger partial charge on any atom is 0.417 e. The van der Waals surface area contributed by atoms with Gasteiger partial charge >= 0.3 is 12.1 Å². The lowest BCUT2D eigenvalue weighted by Gasteiger charge is -2.54. The highest BCUT2D eigenvalue weighted by molar-refractivity contribution is 6.74. The molecule has 2 spiro atoms. The highest BCUT2D eigenvalue weighted by atomic mass is 28.4. The molecule has 1 saturated carbocycles. The van der Waals surface area contributed by atoms with Crippen molar-refractivity contribution in [2.24, 2.45) is 5.41 Å². The van der Waals surface area contributed by atoms with Crippen molar-refractivity contribution >= 4 is 14.3 Å². The van der Waals surface area contributed by atoms with Crippen LogP contribution in [-0.2, 0) is 35.2 Å². The fraction of sp³-hybridized carbons (Fsp3) is 0.686. The van der Waals surface area contributed by atoms with Gasteiger partial charge in [0.2, 0.25) is 0 Å². The number of nitrogens with zero attached hydrogens (tertiary/aromatic N) is 2. The predicted molar refractivity (Wildman–Crippen MR) is 169 cm³/mol. The lowest BCUT2D eigenvalue weighted by molar-refractivity contribution is -0.167. The van der Waals surface area contributed by atoms with Gasteiger partial charge in [-0.15, -0.1) is 0 Å². The molecule has 1 saturated heterocycles. The van der Waals surface area contributed by atoms with Crippen molar-refractivity contribution in [3.05, 3.63) is 57.7 Å². The Bertz CT molecular complexity index is 1490. The lowest BCUT2D eigenvalue weighted by atomic mass is 9.57. The first-order chi connectivity index (χ1) is 21.4. The largest absolute Gasteiger partial charge is 0.455 e. The van der Waals surface area contributed by atoms with Gasteiger partial charge in [-0.25, -0.2) is 0 Å². The molecule has 0 aromatic carbocycles. The number of halogens is 3. The standard InChI is InChI=1S/C35H47F3N2O5Si/c1-20(2)28-26-27(34(14-16-42-17-15-34)44-30(26)23-11-10-22(19-39-23)35(36,37)38)25-24(45-46(7,8)32(4,5)6)18-33(12-9-13-33)31(29(25)40-28)43-21(3)41/h10-11,19-20,24,30-31H,9,12-18H2,1-8H3/t24-,30+,31-/m0/s1. The summed E-state index contributed by atoms with van der Waals surface area (Å²) in [5.74, 6) is -0.394. The minimum absolute atomic E-state index is 0.0495. The molecular formula is C35H47F3N2O5Si. The van der Waals surface area contributed by atoms with Crippen LogP contribution in [0.5, 0.6) is 0 Å². The Morgan fingerprint density at radius 1 is 1.07 bits per heavy atom. The number of fused-ring (bicyclic) bond motifs is 4. The fourth-order valence-corrected chi connectivity index (χ4v) is 8.93. The Morgan fingerprint density at radius 2 is 1.74 bits per heavy atom. The Kier molecular flexibility index (Phi) is 8.30. The summed E-state index contributed by atoms with van der Waals surface area (Å²) in [6, 6.07) is 2.50. The molecule has 2 aromatic heterocycles. The number of pyridine rings is 2. The summed E-state index contributed by atoms with van der Waals surface area (Å²) in [5, 5.41) is -0.0549. The van der Waals surface area contributed by atoms with E-state index in [2.05, 4.69) is 52.7 Å². The van der Waals surface area contributed by atoms with Crippen LogP contribution in [0.3, 0.4) is 0 Å². The van der Waals surface area contributed by atoms with E-state index in [0.29, 0.717) is 38.2 Å². The van der Waals surface area contributed by atoms with Crippen LogP contribution in [0.15, 0.2) is 18.3 Å². The minimum atomic E-state index is -4.50. The van der Waals surface area contributed by atoms with Gasteiger partial charge < -0.3 is 18.6 Å². The molecule has 7 nitrogen and oxygen atoms in total. The van der Waals surface area contributed by atoms with Crippen molar-refractivity contribution in [1.29, 1.82) is 0 Å². The monoisotopic (exact) mass is 660 g/mol. The van der Waals surface area contributed by atoms with Gasteiger partial charge in [0, 0.05) is 61.4 Å². The number of alkyl halides is 3. The summed E-state index contributed by atoms with van der Waals surface area (Å²) in [6.45, 7) is 17.7. The van der Waals surface area contributed by atoms with Crippen LogP contribution in [0.2, 0.25) is 18.1 Å². The van der Waals surface area contributed by atoms with Gasteiger partial charge in [-0.3, -0.25) is 14.8 Å². The van der Waals surface area contributed by atoms with Crippen molar-refractivity contribution in [3.8, 4) is 0 Å². The van der Waals surface area contributed by atoms with E-state index in [1.165, 1.54) is 13.0 Å². The van der Waals surface area contributed by atoms with Gasteiger partial charge in [0.25, 0.3) is 0 Å². The molecule has 252 valence electrons. The number of carbonyl (C=O) groups excluding carboxylic acids is 1. The summed E-state index contributed by atoms with van der Waals surface area (Å²) in [7, 11) is -2.32. The summed E-state index contributed by atoms with van der Waals surface area (Å²) < 4.78 is 67.0. The van der Waals surface area contributed by atoms with Crippen LogP contribution in [0.25, 0.3) is 0 Å². The van der Waals surface area contributed by atoms with E-state index in [-0.39, 0.29) is 28.4 Å². The van der Waals surface area contributed by atoms with Crippen LogP contribution in [0.4, 0.5) is 13.2 Å². The third-order valence-electron chi connectivity index (χ3n) is 11.2. The van der Waals surface area contributed by atoms with E-state index < -0.39 is 37.9 Å². The van der Waals surface area contributed by atoms with Crippen molar-refractivity contribution in [2.45, 2.75) is 134 Å². The zero-order valence-electron chi connectivity index (χ0n) is 28.3. The maximum atomic E-state index is 13.5. The van der Waals surface area contributed by atoms with Gasteiger partial charge in [-0.2, -0.15) is 13.2 Å². The van der Waals surface area contributed by atoms with E-state index in [4.69, 9.17) is 23.6 Å². The summed E-state index contributed by atoms with van der Waals surface area (Å²) in [4.78, 5) is 22.4. The highest BCUT2D eigenvalue weighted by Gasteiger charge is 2.59. The number of carbonyl (C=O) groups is 1. The summed E-state index contributed by atoms with van der Waals surface area (Å²) in [6.07, 6.45) is -0.408.